The normalized spacial score (nSPS) is 14.6. The van der Waals surface area contributed by atoms with Gasteiger partial charge >= 0.3 is 0 Å². The van der Waals surface area contributed by atoms with Crippen LogP contribution >= 0.6 is 0 Å². The van der Waals surface area contributed by atoms with Gasteiger partial charge in [-0.15, -0.1) is 0 Å². The van der Waals surface area contributed by atoms with Gasteiger partial charge in [-0.25, -0.2) is 0 Å². The first-order chi connectivity index (χ1) is 13.2. The third kappa shape index (κ3) is 5.17. The fraction of sp³-hybridized carbons (Fsp3) is 0.364. The number of hydrogen-bond donors (Lipinski definition) is 1. The molecule has 0 spiro atoms. The Morgan fingerprint density at radius 3 is 2.37 bits per heavy atom. The lowest BCUT2D eigenvalue weighted by atomic mass is 9.99. The number of benzene rings is 2. The number of nitrogens with zero attached hydrogens (tertiary/aromatic N) is 1. The summed E-state index contributed by atoms with van der Waals surface area (Å²) in [5.74, 6) is 0.646. The molecule has 27 heavy (non-hydrogen) atoms. The first kappa shape index (κ1) is 19.1. The molecule has 142 valence electrons. The molecule has 2 aromatic rings. The molecule has 5 heteroatoms. The van der Waals surface area contributed by atoms with E-state index in [2.05, 4.69) is 10.2 Å². The SMILES string of the molecule is COc1cccc(NCC(=O)c2ccccc2C(=O)CN2CCCCC2)c1. The maximum atomic E-state index is 12.8. The molecule has 0 aliphatic carbocycles. The highest BCUT2D eigenvalue weighted by molar-refractivity contribution is 6.10. The van der Waals surface area contributed by atoms with E-state index in [4.69, 9.17) is 4.74 Å². The number of carbonyl (C=O) groups excluding carboxylic acids is 2. The maximum absolute atomic E-state index is 12.8. The monoisotopic (exact) mass is 366 g/mol. The van der Waals surface area contributed by atoms with Crippen molar-refractivity contribution < 1.29 is 14.3 Å². The molecule has 1 N–H and O–H groups in total. The molecule has 1 fully saturated rings. The van der Waals surface area contributed by atoms with Crippen molar-refractivity contribution in [2.75, 3.05) is 38.6 Å². The van der Waals surface area contributed by atoms with Crippen molar-refractivity contribution in [1.82, 2.24) is 4.90 Å². The number of ketones is 2. The van der Waals surface area contributed by atoms with E-state index in [1.807, 2.05) is 30.3 Å². The minimum Gasteiger partial charge on any atom is -0.497 e. The van der Waals surface area contributed by atoms with Crippen LogP contribution < -0.4 is 10.1 Å². The highest BCUT2D eigenvalue weighted by atomic mass is 16.5. The Kier molecular flexibility index (Phi) is 6.60. The van der Waals surface area contributed by atoms with Gasteiger partial charge in [0.05, 0.1) is 20.2 Å². The van der Waals surface area contributed by atoms with Gasteiger partial charge < -0.3 is 10.1 Å². The highest BCUT2D eigenvalue weighted by Gasteiger charge is 2.20. The maximum Gasteiger partial charge on any atom is 0.182 e. The third-order valence-electron chi connectivity index (χ3n) is 4.87. The zero-order valence-corrected chi connectivity index (χ0v) is 15.7. The Labute approximate surface area is 160 Å². The summed E-state index contributed by atoms with van der Waals surface area (Å²) in [6.07, 6.45) is 3.51. The van der Waals surface area contributed by atoms with Gasteiger partial charge in [0, 0.05) is 22.9 Å². The summed E-state index contributed by atoms with van der Waals surface area (Å²) in [4.78, 5) is 27.7. The first-order valence-electron chi connectivity index (χ1n) is 9.43. The fourth-order valence-electron chi connectivity index (χ4n) is 3.39. The minimum atomic E-state index is -0.0968. The van der Waals surface area contributed by atoms with Crippen molar-refractivity contribution in [2.24, 2.45) is 0 Å². The molecule has 1 saturated heterocycles. The first-order valence-corrected chi connectivity index (χ1v) is 9.43. The van der Waals surface area contributed by atoms with Crippen LogP contribution in [0.4, 0.5) is 5.69 Å². The van der Waals surface area contributed by atoms with E-state index in [-0.39, 0.29) is 18.1 Å². The summed E-state index contributed by atoms with van der Waals surface area (Å²) in [5.41, 5.74) is 1.80. The van der Waals surface area contributed by atoms with Crippen LogP contribution in [0.15, 0.2) is 48.5 Å². The van der Waals surface area contributed by atoms with Crippen molar-refractivity contribution in [3.05, 3.63) is 59.7 Å². The summed E-state index contributed by atoms with van der Waals surface area (Å²) >= 11 is 0. The zero-order chi connectivity index (χ0) is 19.1. The van der Waals surface area contributed by atoms with Crippen LogP contribution in [-0.2, 0) is 0 Å². The van der Waals surface area contributed by atoms with E-state index in [0.717, 1.165) is 37.4 Å². The summed E-state index contributed by atoms with van der Waals surface area (Å²) in [5, 5.41) is 3.11. The van der Waals surface area contributed by atoms with E-state index in [9.17, 15) is 9.59 Å². The van der Waals surface area contributed by atoms with E-state index < -0.39 is 0 Å². The van der Waals surface area contributed by atoms with Crippen LogP contribution in [0.3, 0.4) is 0 Å². The number of ether oxygens (including phenoxy) is 1. The molecule has 0 radical (unpaired) electrons. The lowest BCUT2D eigenvalue weighted by Gasteiger charge is -2.25. The number of methoxy groups -OCH3 is 1. The second kappa shape index (κ2) is 9.33. The predicted octanol–water partition coefficient (Wildman–Crippen LogP) is 3.66. The Balaban J connectivity index is 1.66. The quantitative estimate of drug-likeness (QED) is 0.723. The topological polar surface area (TPSA) is 58.6 Å². The average Bonchev–Trinajstić information content (AvgIpc) is 2.73. The van der Waals surface area contributed by atoms with Gasteiger partial charge in [-0.3, -0.25) is 14.5 Å². The van der Waals surface area contributed by atoms with Crippen molar-refractivity contribution >= 4 is 17.3 Å². The molecule has 1 aliphatic heterocycles. The summed E-state index contributed by atoms with van der Waals surface area (Å²) < 4.78 is 5.19. The third-order valence-corrected chi connectivity index (χ3v) is 4.87. The Bertz CT molecular complexity index is 798. The van der Waals surface area contributed by atoms with E-state index in [1.165, 1.54) is 6.42 Å². The number of likely N-dealkylation sites (tertiary alicyclic amines) is 1. The van der Waals surface area contributed by atoms with Crippen molar-refractivity contribution in [1.29, 1.82) is 0 Å². The Hall–Kier alpha value is -2.66. The standard InChI is InChI=1S/C22H26N2O3/c1-27-18-9-7-8-17(14-18)23-15-21(25)19-10-3-4-11-20(19)22(26)16-24-12-5-2-6-13-24/h3-4,7-11,14,23H,2,5-6,12-13,15-16H2,1H3. The van der Waals surface area contributed by atoms with Gasteiger partial charge in [0.2, 0.25) is 0 Å². The molecule has 0 unspecified atom stereocenters. The number of Topliss-reactive ketones (excluding diaryl/α,β-unsaturated/α-hetero) is 2. The average molecular weight is 366 g/mol. The zero-order valence-electron chi connectivity index (χ0n) is 15.7. The van der Waals surface area contributed by atoms with Crippen LogP contribution in [0.2, 0.25) is 0 Å². The predicted molar refractivity (Wildman–Crippen MR) is 107 cm³/mol. The summed E-state index contributed by atoms with van der Waals surface area (Å²) in [6, 6.07) is 14.5. The Morgan fingerprint density at radius 1 is 0.963 bits per heavy atom. The van der Waals surface area contributed by atoms with Crippen LogP contribution in [0.5, 0.6) is 5.75 Å². The molecule has 2 aromatic carbocycles. The van der Waals surface area contributed by atoms with Gasteiger partial charge in [-0.2, -0.15) is 0 Å². The van der Waals surface area contributed by atoms with Crippen molar-refractivity contribution in [3.8, 4) is 5.75 Å². The van der Waals surface area contributed by atoms with Gasteiger partial charge in [0.25, 0.3) is 0 Å². The Morgan fingerprint density at radius 2 is 1.67 bits per heavy atom. The molecule has 0 bridgehead atoms. The van der Waals surface area contributed by atoms with Gasteiger partial charge in [0.1, 0.15) is 5.75 Å². The lowest BCUT2D eigenvalue weighted by Crippen LogP contribution is -2.35. The molecule has 1 heterocycles. The van der Waals surface area contributed by atoms with Crippen LogP contribution in [-0.4, -0.2) is 49.8 Å². The molecule has 0 saturated carbocycles. The minimum absolute atomic E-state index is 0.0160. The van der Waals surface area contributed by atoms with E-state index in [1.54, 1.807) is 25.3 Å². The highest BCUT2D eigenvalue weighted by Crippen LogP contribution is 2.18. The van der Waals surface area contributed by atoms with Crippen molar-refractivity contribution in [2.45, 2.75) is 19.3 Å². The molecule has 5 nitrogen and oxygen atoms in total. The molecular weight excluding hydrogens is 340 g/mol. The van der Waals surface area contributed by atoms with Gasteiger partial charge in [-0.05, 0) is 38.1 Å². The number of piperidine rings is 1. The number of rotatable bonds is 8. The number of carbonyl (C=O) groups is 2. The lowest BCUT2D eigenvalue weighted by molar-refractivity contribution is 0.0905. The number of hydrogen-bond acceptors (Lipinski definition) is 5. The molecule has 3 rings (SSSR count). The van der Waals surface area contributed by atoms with Gasteiger partial charge in [-0.1, -0.05) is 36.8 Å². The van der Waals surface area contributed by atoms with Crippen LogP contribution in [0, 0.1) is 0 Å². The molecule has 0 atom stereocenters. The second-order valence-corrected chi connectivity index (χ2v) is 6.81. The summed E-state index contributed by atoms with van der Waals surface area (Å²) in [7, 11) is 1.61. The molecule has 0 aromatic heterocycles. The van der Waals surface area contributed by atoms with Crippen LogP contribution in [0.1, 0.15) is 40.0 Å². The van der Waals surface area contributed by atoms with Crippen molar-refractivity contribution in [3.63, 3.8) is 0 Å². The molecular formula is C22H26N2O3. The molecule has 0 amide bonds. The largest absolute Gasteiger partial charge is 0.497 e. The second-order valence-electron chi connectivity index (χ2n) is 6.81. The number of anilines is 1. The number of nitrogens with one attached hydrogen (secondary N) is 1. The van der Waals surface area contributed by atoms with E-state index in [0.29, 0.717) is 17.7 Å². The molecule has 1 aliphatic rings. The van der Waals surface area contributed by atoms with Gasteiger partial charge in [0.15, 0.2) is 11.6 Å². The fourth-order valence-corrected chi connectivity index (χ4v) is 3.39. The van der Waals surface area contributed by atoms with E-state index >= 15 is 0 Å². The summed E-state index contributed by atoms with van der Waals surface area (Å²) in [6.45, 7) is 2.42. The van der Waals surface area contributed by atoms with Crippen LogP contribution in [0.25, 0.3) is 0 Å². The smallest absolute Gasteiger partial charge is 0.182 e.